The normalized spacial score (nSPS) is 11.9. The molecular weight excluding hydrogens is 262 g/mol. The third-order valence-corrected chi connectivity index (χ3v) is 3.42. The highest BCUT2D eigenvalue weighted by atomic mass is 16.1. The molecule has 0 radical (unpaired) electrons. The van der Waals surface area contributed by atoms with Crippen LogP contribution < -0.4 is 10.6 Å². The lowest BCUT2D eigenvalue weighted by Crippen LogP contribution is -2.35. The van der Waals surface area contributed by atoms with Crippen LogP contribution in [0.1, 0.15) is 29.8 Å². The van der Waals surface area contributed by atoms with E-state index in [1.54, 1.807) is 6.20 Å². The second-order valence-electron chi connectivity index (χ2n) is 5.06. The third-order valence-electron chi connectivity index (χ3n) is 3.42. The van der Waals surface area contributed by atoms with Gasteiger partial charge < -0.3 is 10.6 Å². The molecule has 21 heavy (non-hydrogen) atoms. The van der Waals surface area contributed by atoms with Gasteiger partial charge in [-0.1, -0.05) is 30.3 Å². The van der Waals surface area contributed by atoms with Crippen LogP contribution in [0.4, 0.5) is 0 Å². The van der Waals surface area contributed by atoms with Crippen molar-refractivity contribution < 1.29 is 4.79 Å². The van der Waals surface area contributed by atoms with Crippen LogP contribution in [0.2, 0.25) is 0 Å². The Morgan fingerprint density at radius 2 is 1.95 bits per heavy atom. The summed E-state index contributed by atoms with van der Waals surface area (Å²) in [5.74, 6) is -0.0268. The van der Waals surface area contributed by atoms with Gasteiger partial charge >= 0.3 is 0 Å². The molecule has 0 bridgehead atoms. The monoisotopic (exact) mass is 283 g/mol. The van der Waals surface area contributed by atoms with Crippen molar-refractivity contribution in [3.8, 4) is 0 Å². The molecule has 4 nitrogen and oxygen atoms in total. The number of pyridine rings is 1. The fourth-order valence-electron chi connectivity index (χ4n) is 2.18. The molecule has 2 rings (SSSR count). The third kappa shape index (κ3) is 4.68. The maximum atomic E-state index is 11.8. The van der Waals surface area contributed by atoms with Gasteiger partial charge in [0.15, 0.2) is 0 Å². The fourth-order valence-corrected chi connectivity index (χ4v) is 2.18. The van der Waals surface area contributed by atoms with Crippen LogP contribution in [0.25, 0.3) is 0 Å². The number of aromatic nitrogens is 1. The van der Waals surface area contributed by atoms with E-state index < -0.39 is 0 Å². The number of benzene rings is 1. The molecule has 1 amide bonds. The maximum absolute atomic E-state index is 11.8. The Morgan fingerprint density at radius 1 is 1.19 bits per heavy atom. The molecule has 1 atom stereocenters. The second-order valence-corrected chi connectivity index (χ2v) is 5.06. The minimum atomic E-state index is -0.0268. The van der Waals surface area contributed by atoms with E-state index in [2.05, 4.69) is 41.6 Å². The van der Waals surface area contributed by atoms with E-state index in [4.69, 9.17) is 0 Å². The van der Waals surface area contributed by atoms with E-state index in [0.717, 1.165) is 5.69 Å². The number of aryl methyl sites for hydroxylation is 1. The average molecular weight is 283 g/mol. The Bertz CT molecular complexity index is 584. The molecule has 2 N–H and O–H groups in total. The van der Waals surface area contributed by atoms with Crippen LogP contribution in [0.5, 0.6) is 0 Å². The van der Waals surface area contributed by atoms with Crippen molar-refractivity contribution in [2.24, 2.45) is 0 Å². The molecular formula is C17H21N3O. The highest BCUT2D eigenvalue weighted by Gasteiger charge is 2.09. The van der Waals surface area contributed by atoms with Crippen LogP contribution in [-0.4, -0.2) is 17.4 Å². The van der Waals surface area contributed by atoms with Gasteiger partial charge in [-0.25, -0.2) is 0 Å². The van der Waals surface area contributed by atoms with Gasteiger partial charge in [-0.3, -0.25) is 9.78 Å². The summed E-state index contributed by atoms with van der Waals surface area (Å²) in [5.41, 5.74) is 3.30. The summed E-state index contributed by atoms with van der Waals surface area (Å²) in [6.45, 7) is 4.89. The van der Waals surface area contributed by atoms with Gasteiger partial charge in [-0.05, 0) is 37.1 Å². The minimum absolute atomic E-state index is 0.0268. The molecule has 4 heteroatoms. The van der Waals surface area contributed by atoms with E-state index in [0.29, 0.717) is 13.1 Å². The van der Waals surface area contributed by atoms with Gasteiger partial charge in [0.05, 0.1) is 18.8 Å². The van der Waals surface area contributed by atoms with Crippen molar-refractivity contribution >= 4 is 5.91 Å². The zero-order valence-corrected chi connectivity index (χ0v) is 12.5. The Balaban J connectivity index is 1.77. The molecule has 0 aliphatic rings. The predicted octanol–water partition coefficient (Wildman–Crippen LogP) is 2.36. The van der Waals surface area contributed by atoms with E-state index in [9.17, 15) is 4.79 Å². The summed E-state index contributed by atoms with van der Waals surface area (Å²) in [5, 5.41) is 6.10. The molecule has 0 saturated carbocycles. The zero-order chi connectivity index (χ0) is 15.1. The molecule has 1 unspecified atom stereocenters. The molecule has 0 fully saturated rings. The van der Waals surface area contributed by atoms with Gasteiger partial charge in [0, 0.05) is 12.2 Å². The lowest BCUT2D eigenvalue weighted by atomic mass is 10.0. The number of nitrogens with zero attached hydrogens (tertiary/aromatic N) is 1. The highest BCUT2D eigenvalue weighted by molar-refractivity contribution is 5.77. The lowest BCUT2D eigenvalue weighted by molar-refractivity contribution is -0.120. The number of carbonyl (C=O) groups excluding carboxylic acids is 1. The summed E-state index contributed by atoms with van der Waals surface area (Å²) in [7, 11) is 0. The lowest BCUT2D eigenvalue weighted by Gasteiger charge is -2.16. The van der Waals surface area contributed by atoms with E-state index in [1.165, 1.54) is 11.1 Å². The Hall–Kier alpha value is -2.20. The number of amides is 1. The van der Waals surface area contributed by atoms with E-state index in [-0.39, 0.29) is 11.9 Å². The quantitative estimate of drug-likeness (QED) is 0.855. The van der Waals surface area contributed by atoms with Crippen LogP contribution >= 0.6 is 0 Å². The molecule has 1 heterocycles. The van der Waals surface area contributed by atoms with Gasteiger partial charge in [-0.2, -0.15) is 0 Å². The van der Waals surface area contributed by atoms with E-state index in [1.807, 2.05) is 30.3 Å². The molecule has 110 valence electrons. The van der Waals surface area contributed by atoms with Crippen molar-refractivity contribution in [3.63, 3.8) is 0 Å². The van der Waals surface area contributed by atoms with Crippen molar-refractivity contribution in [1.82, 2.24) is 15.6 Å². The Morgan fingerprint density at radius 3 is 2.67 bits per heavy atom. The summed E-state index contributed by atoms with van der Waals surface area (Å²) in [6.07, 6.45) is 1.72. The number of carbonyl (C=O) groups is 1. The number of nitrogens with one attached hydrogen (secondary N) is 2. The molecule has 0 aliphatic heterocycles. The smallest absolute Gasteiger partial charge is 0.234 e. The van der Waals surface area contributed by atoms with Gasteiger partial charge in [0.1, 0.15) is 0 Å². The van der Waals surface area contributed by atoms with Crippen molar-refractivity contribution in [3.05, 3.63) is 65.5 Å². The first-order chi connectivity index (χ1) is 10.2. The highest BCUT2D eigenvalue weighted by Crippen LogP contribution is 2.16. The Kier molecular flexibility index (Phi) is 5.46. The predicted molar refractivity (Wildman–Crippen MR) is 83.7 cm³/mol. The number of hydrogen-bond acceptors (Lipinski definition) is 3. The summed E-state index contributed by atoms with van der Waals surface area (Å²) in [6, 6.07) is 14.0. The van der Waals surface area contributed by atoms with Crippen molar-refractivity contribution in [1.29, 1.82) is 0 Å². The topological polar surface area (TPSA) is 54.0 Å². The van der Waals surface area contributed by atoms with Crippen molar-refractivity contribution in [2.75, 3.05) is 6.54 Å². The fraction of sp³-hybridized carbons (Fsp3) is 0.294. The maximum Gasteiger partial charge on any atom is 0.234 e. The molecule has 0 spiro atoms. The molecule has 0 aliphatic carbocycles. The van der Waals surface area contributed by atoms with Gasteiger partial charge in [0.2, 0.25) is 5.91 Å². The average Bonchev–Trinajstić information content (AvgIpc) is 2.52. The molecule has 0 saturated heterocycles. The summed E-state index contributed by atoms with van der Waals surface area (Å²) >= 11 is 0. The molecule has 1 aromatic carbocycles. The summed E-state index contributed by atoms with van der Waals surface area (Å²) < 4.78 is 0. The second kappa shape index (κ2) is 7.55. The first-order valence-electron chi connectivity index (χ1n) is 7.12. The largest absolute Gasteiger partial charge is 0.349 e. The van der Waals surface area contributed by atoms with E-state index >= 15 is 0 Å². The molecule has 2 aromatic rings. The van der Waals surface area contributed by atoms with Gasteiger partial charge in [-0.15, -0.1) is 0 Å². The summed E-state index contributed by atoms with van der Waals surface area (Å²) in [4.78, 5) is 16.0. The van der Waals surface area contributed by atoms with Gasteiger partial charge in [0.25, 0.3) is 0 Å². The standard InChI is InChI=1S/C17H21N3O/c1-13-7-3-4-9-16(13)14(2)19-12-17(21)20-11-15-8-5-6-10-18-15/h3-10,14,19H,11-12H2,1-2H3,(H,20,21). The van der Waals surface area contributed by atoms with Crippen LogP contribution in [0, 0.1) is 6.92 Å². The van der Waals surface area contributed by atoms with Crippen LogP contribution in [0.15, 0.2) is 48.7 Å². The van der Waals surface area contributed by atoms with Crippen molar-refractivity contribution in [2.45, 2.75) is 26.4 Å². The first kappa shape index (κ1) is 15.2. The van der Waals surface area contributed by atoms with Crippen LogP contribution in [0.3, 0.4) is 0 Å². The molecule has 1 aromatic heterocycles. The first-order valence-corrected chi connectivity index (χ1v) is 7.12. The SMILES string of the molecule is Cc1ccccc1C(C)NCC(=O)NCc1ccccn1. The Labute approximate surface area is 125 Å². The zero-order valence-electron chi connectivity index (χ0n) is 12.5. The minimum Gasteiger partial charge on any atom is -0.349 e. The number of hydrogen-bond donors (Lipinski definition) is 2. The van der Waals surface area contributed by atoms with Crippen LogP contribution in [-0.2, 0) is 11.3 Å². The number of rotatable bonds is 6.